The molecule has 2 rings (SSSR count). The molecule has 0 bridgehead atoms. The summed E-state index contributed by atoms with van der Waals surface area (Å²) in [6.07, 6.45) is 5.33. The first-order valence-corrected chi connectivity index (χ1v) is 6.90. The van der Waals surface area contributed by atoms with E-state index in [0.717, 1.165) is 44.7 Å². The van der Waals surface area contributed by atoms with E-state index in [4.69, 9.17) is 14.9 Å². The molecule has 0 saturated carbocycles. The van der Waals surface area contributed by atoms with Crippen LogP contribution in [0.4, 0.5) is 0 Å². The number of piperidine rings is 1. The Labute approximate surface area is 109 Å². The van der Waals surface area contributed by atoms with Crippen molar-refractivity contribution in [3.8, 4) is 0 Å². The van der Waals surface area contributed by atoms with Crippen LogP contribution in [0.1, 0.15) is 38.0 Å². The molecule has 1 aromatic rings. The molecule has 2 N–H and O–H groups in total. The van der Waals surface area contributed by atoms with Crippen molar-refractivity contribution in [2.24, 2.45) is 5.73 Å². The van der Waals surface area contributed by atoms with E-state index in [-0.39, 0.29) is 0 Å². The maximum Gasteiger partial charge on any atom is 0.120 e. The van der Waals surface area contributed by atoms with Crippen molar-refractivity contribution >= 4 is 0 Å². The Balaban J connectivity index is 1.73. The van der Waals surface area contributed by atoms with Gasteiger partial charge in [0.2, 0.25) is 0 Å². The second kappa shape index (κ2) is 6.92. The Morgan fingerprint density at radius 3 is 2.89 bits per heavy atom. The van der Waals surface area contributed by atoms with E-state index in [9.17, 15) is 0 Å². The first kappa shape index (κ1) is 13.6. The van der Waals surface area contributed by atoms with Gasteiger partial charge in [-0.05, 0) is 44.9 Å². The van der Waals surface area contributed by atoms with Gasteiger partial charge in [-0.25, -0.2) is 0 Å². The normalized spacial score (nSPS) is 20.1. The van der Waals surface area contributed by atoms with Crippen molar-refractivity contribution in [1.29, 1.82) is 0 Å². The molecule has 0 aromatic carbocycles. The van der Waals surface area contributed by atoms with Crippen LogP contribution in [0.15, 0.2) is 22.8 Å². The summed E-state index contributed by atoms with van der Waals surface area (Å²) in [7, 11) is 0. The number of furan rings is 1. The molecule has 18 heavy (non-hydrogen) atoms. The lowest BCUT2D eigenvalue weighted by Crippen LogP contribution is -2.38. The number of likely N-dealkylation sites (tertiary alicyclic amines) is 1. The number of nitrogens with zero attached hydrogens (tertiary/aromatic N) is 1. The topological polar surface area (TPSA) is 51.6 Å². The van der Waals surface area contributed by atoms with Crippen LogP contribution in [0.25, 0.3) is 0 Å². The van der Waals surface area contributed by atoms with Crippen LogP contribution in [0.2, 0.25) is 0 Å². The van der Waals surface area contributed by atoms with E-state index in [1.54, 1.807) is 6.26 Å². The van der Waals surface area contributed by atoms with Crippen molar-refractivity contribution in [2.45, 2.75) is 38.3 Å². The zero-order valence-corrected chi connectivity index (χ0v) is 11.2. The van der Waals surface area contributed by atoms with Crippen LogP contribution in [0, 0.1) is 0 Å². The third-order valence-electron chi connectivity index (χ3n) is 3.68. The zero-order valence-electron chi connectivity index (χ0n) is 11.2. The highest BCUT2D eigenvalue weighted by atomic mass is 16.5. The fraction of sp³-hybridized carbons (Fsp3) is 0.714. The van der Waals surface area contributed by atoms with E-state index in [2.05, 4.69) is 17.9 Å². The Morgan fingerprint density at radius 1 is 1.50 bits per heavy atom. The van der Waals surface area contributed by atoms with Gasteiger partial charge in [-0.2, -0.15) is 0 Å². The summed E-state index contributed by atoms with van der Waals surface area (Å²) >= 11 is 0. The van der Waals surface area contributed by atoms with Crippen LogP contribution >= 0.6 is 0 Å². The van der Waals surface area contributed by atoms with Gasteiger partial charge in [0.15, 0.2) is 0 Å². The van der Waals surface area contributed by atoms with E-state index in [1.165, 1.54) is 0 Å². The second-order valence-corrected chi connectivity index (χ2v) is 4.94. The summed E-state index contributed by atoms with van der Waals surface area (Å²) < 4.78 is 11.3. The van der Waals surface area contributed by atoms with E-state index < -0.39 is 0 Å². The van der Waals surface area contributed by atoms with Crippen molar-refractivity contribution in [2.75, 3.05) is 26.2 Å². The average molecular weight is 252 g/mol. The van der Waals surface area contributed by atoms with Crippen molar-refractivity contribution in [1.82, 2.24) is 4.90 Å². The first-order chi connectivity index (χ1) is 8.81. The largest absolute Gasteiger partial charge is 0.468 e. The standard InChI is InChI=1S/C14H24N2O2/c1-12(14-4-2-10-18-14)16-8-5-13(6-9-16)17-11-3-7-15/h2,4,10,12-13H,3,5-9,11,15H2,1H3. The summed E-state index contributed by atoms with van der Waals surface area (Å²) in [4.78, 5) is 2.46. The molecular formula is C14H24N2O2. The van der Waals surface area contributed by atoms with Gasteiger partial charge < -0.3 is 14.9 Å². The lowest BCUT2D eigenvalue weighted by Gasteiger charge is -2.35. The molecule has 0 spiro atoms. The van der Waals surface area contributed by atoms with Crippen LogP contribution in [0.3, 0.4) is 0 Å². The van der Waals surface area contributed by atoms with E-state index in [1.807, 2.05) is 6.07 Å². The quantitative estimate of drug-likeness (QED) is 0.788. The fourth-order valence-corrected chi connectivity index (χ4v) is 2.47. The maximum atomic E-state index is 5.81. The number of ether oxygens (including phenoxy) is 1. The highest BCUT2D eigenvalue weighted by Crippen LogP contribution is 2.25. The first-order valence-electron chi connectivity index (χ1n) is 6.90. The van der Waals surface area contributed by atoms with Crippen molar-refractivity contribution in [3.63, 3.8) is 0 Å². The highest BCUT2D eigenvalue weighted by Gasteiger charge is 2.24. The minimum Gasteiger partial charge on any atom is -0.468 e. The van der Waals surface area contributed by atoms with Crippen molar-refractivity contribution < 1.29 is 9.15 Å². The summed E-state index contributed by atoms with van der Waals surface area (Å²) in [5.41, 5.74) is 5.46. The smallest absolute Gasteiger partial charge is 0.120 e. The Hall–Kier alpha value is -0.840. The van der Waals surface area contributed by atoms with Gasteiger partial charge in [0.25, 0.3) is 0 Å². The predicted molar refractivity (Wildman–Crippen MR) is 71.3 cm³/mol. The third-order valence-corrected chi connectivity index (χ3v) is 3.68. The number of rotatable bonds is 6. The van der Waals surface area contributed by atoms with Crippen molar-refractivity contribution in [3.05, 3.63) is 24.2 Å². The molecule has 4 heteroatoms. The predicted octanol–water partition coefficient (Wildman–Crippen LogP) is 2.17. The summed E-state index contributed by atoms with van der Waals surface area (Å²) in [6.45, 7) is 5.88. The summed E-state index contributed by atoms with van der Waals surface area (Å²) in [6, 6.07) is 4.37. The molecule has 1 aliphatic heterocycles. The second-order valence-electron chi connectivity index (χ2n) is 4.94. The van der Waals surface area contributed by atoms with Gasteiger partial charge in [0.05, 0.1) is 18.4 Å². The van der Waals surface area contributed by atoms with Crippen LogP contribution < -0.4 is 5.73 Å². The van der Waals surface area contributed by atoms with Crippen LogP contribution in [0.5, 0.6) is 0 Å². The number of hydrogen-bond acceptors (Lipinski definition) is 4. The van der Waals surface area contributed by atoms with Gasteiger partial charge >= 0.3 is 0 Å². The molecule has 0 radical (unpaired) electrons. The third kappa shape index (κ3) is 3.57. The molecule has 1 unspecified atom stereocenters. The molecule has 1 fully saturated rings. The van der Waals surface area contributed by atoms with E-state index >= 15 is 0 Å². The fourth-order valence-electron chi connectivity index (χ4n) is 2.47. The average Bonchev–Trinajstić information content (AvgIpc) is 2.93. The van der Waals surface area contributed by atoms with Gasteiger partial charge in [-0.1, -0.05) is 0 Å². The van der Waals surface area contributed by atoms with Crippen LogP contribution in [-0.2, 0) is 4.74 Å². The lowest BCUT2D eigenvalue weighted by molar-refractivity contribution is -0.00269. The number of nitrogens with two attached hydrogens (primary N) is 1. The molecule has 0 aliphatic carbocycles. The van der Waals surface area contributed by atoms with Crippen LogP contribution in [-0.4, -0.2) is 37.2 Å². The lowest BCUT2D eigenvalue weighted by atomic mass is 10.0. The molecule has 2 heterocycles. The van der Waals surface area contributed by atoms with Gasteiger partial charge in [0, 0.05) is 19.7 Å². The minimum atomic E-state index is 0.366. The summed E-state index contributed by atoms with van der Waals surface area (Å²) in [5, 5.41) is 0. The Kier molecular flexibility index (Phi) is 5.23. The molecular weight excluding hydrogens is 228 g/mol. The molecule has 1 saturated heterocycles. The molecule has 0 amide bonds. The van der Waals surface area contributed by atoms with Gasteiger partial charge in [0.1, 0.15) is 5.76 Å². The number of hydrogen-bond donors (Lipinski definition) is 1. The molecule has 1 aromatic heterocycles. The zero-order chi connectivity index (χ0) is 12.8. The van der Waals surface area contributed by atoms with Gasteiger partial charge in [-0.15, -0.1) is 0 Å². The Morgan fingerprint density at radius 2 is 2.28 bits per heavy atom. The maximum absolute atomic E-state index is 5.81. The minimum absolute atomic E-state index is 0.366. The molecule has 1 atom stereocenters. The molecule has 4 nitrogen and oxygen atoms in total. The molecule has 1 aliphatic rings. The summed E-state index contributed by atoms with van der Waals surface area (Å²) in [5.74, 6) is 1.05. The van der Waals surface area contributed by atoms with E-state index in [0.29, 0.717) is 18.7 Å². The van der Waals surface area contributed by atoms with Gasteiger partial charge in [-0.3, -0.25) is 4.90 Å². The molecule has 102 valence electrons. The monoisotopic (exact) mass is 252 g/mol. The highest BCUT2D eigenvalue weighted by molar-refractivity contribution is 5.03. The Bertz CT molecular complexity index is 319. The SMILES string of the molecule is CC(c1ccco1)N1CCC(OCCCN)CC1.